The summed E-state index contributed by atoms with van der Waals surface area (Å²) in [6, 6.07) is 0.581. The van der Waals surface area contributed by atoms with Gasteiger partial charge in [-0.2, -0.15) is 0 Å². The Morgan fingerprint density at radius 3 is 2.78 bits per heavy atom. The van der Waals surface area contributed by atoms with Gasteiger partial charge in [0, 0.05) is 25.7 Å². The Hall–Kier alpha value is -0.160. The number of aliphatic hydroxyl groups excluding tert-OH is 1. The molecule has 0 amide bonds. The van der Waals surface area contributed by atoms with Gasteiger partial charge in [-0.3, -0.25) is 0 Å². The molecule has 3 heterocycles. The number of ether oxygens (including phenoxy) is 1. The fraction of sp³-hybridized carbons (Fsp3) is 1.00. The third-order valence-corrected chi connectivity index (χ3v) is 4.22. The average Bonchev–Trinajstić information content (AvgIpc) is 2.43. The smallest absolute Gasteiger partial charge is 0.0897 e. The van der Waals surface area contributed by atoms with Crippen LogP contribution in [0.5, 0.6) is 0 Å². The highest BCUT2D eigenvalue weighted by Gasteiger charge is 2.33. The van der Waals surface area contributed by atoms with Crippen LogP contribution < -0.4 is 5.32 Å². The van der Waals surface area contributed by atoms with Gasteiger partial charge in [-0.1, -0.05) is 13.3 Å². The molecule has 2 N–H and O–H groups in total. The summed E-state index contributed by atoms with van der Waals surface area (Å²) in [6.07, 6.45) is 4.51. The third kappa shape index (κ3) is 4.19. The number of hydrogen-bond acceptors (Lipinski definition) is 4. The second kappa shape index (κ2) is 7.43. The summed E-state index contributed by atoms with van der Waals surface area (Å²) in [7, 11) is 0. The van der Waals surface area contributed by atoms with Gasteiger partial charge >= 0.3 is 0 Å². The molecule has 0 aromatic rings. The van der Waals surface area contributed by atoms with Crippen molar-refractivity contribution < 1.29 is 9.84 Å². The minimum absolute atomic E-state index is 0.364. The number of rotatable bonds is 8. The van der Waals surface area contributed by atoms with Crippen molar-refractivity contribution in [2.75, 3.05) is 39.4 Å². The molecule has 0 saturated carbocycles. The Balaban J connectivity index is 1.56. The van der Waals surface area contributed by atoms with Crippen LogP contribution in [0.25, 0.3) is 0 Å². The van der Waals surface area contributed by atoms with Crippen molar-refractivity contribution in [3.8, 4) is 0 Å². The molecule has 0 aromatic heterocycles. The minimum atomic E-state index is -0.364. The van der Waals surface area contributed by atoms with Gasteiger partial charge in [0.25, 0.3) is 0 Å². The number of nitrogens with one attached hydrogen (secondary N) is 1. The molecule has 3 rings (SSSR count). The van der Waals surface area contributed by atoms with Crippen LogP contribution in [-0.2, 0) is 4.74 Å². The summed E-state index contributed by atoms with van der Waals surface area (Å²) in [6.45, 7) is 7.75. The van der Waals surface area contributed by atoms with Crippen LogP contribution in [0.2, 0.25) is 0 Å². The fourth-order valence-electron chi connectivity index (χ4n) is 3.01. The van der Waals surface area contributed by atoms with Crippen LogP contribution >= 0.6 is 0 Å². The normalized spacial score (nSPS) is 32.7. The molecule has 106 valence electrons. The van der Waals surface area contributed by atoms with Gasteiger partial charge in [0.05, 0.1) is 12.7 Å². The summed E-state index contributed by atoms with van der Waals surface area (Å²) in [5, 5.41) is 13.4. The van der Waals surface area contributed by atoms with E-state index >= 15 is 0 Å². The maximum absolute atomic E-state index is 9.85. The summed E-state index contributed by atoms with van der Waals surface area (Å²) in [5.74, 6) is 0.822. The van der Waals surface area contributed by atoms with Crippen LogP contribution in [0, 0.1) is 5.92 Å². The van der Waals surface area contributed by atoms with E-state index in [-0.39, 0.29) is 6.10 Å². The van der Waals surface area contributed by atoms with Gasteiger partial charge in [0.1, 0.15) is 0 Å². The molecule has 2 unspecified atom stereocenters. The second-order valence-electron chi connectivity index (χ2n) is 5.74. The summed E-state index contributed by atoms with van der Waals surface area (Å²) < 4.78 is 5.44. The predicted octanol–water partition coefficient (Wildman–Crippen LogP) is 0.848. The third-order valence-electron chi connectivity index (χ3n) is 4.22. The van der Waals surface area contributed by atoms with Crippen molar-refractivity contribution in [3.05, 3.63) is 0 Å². The van der Waals surface area contributed by atoms with Crippen molar-refractivity contribution in [2.24, 2.45) is 5.92 Å². The first-order valence-electron chi connectivity index (χ1n) is 7.51. The molecular weight excluding hydrogens is 228 g/mol. The van der Waals surface area contributed by atoms with Gasteiger partial charge in [-0.15, -0.1) is 0 Å². The first-order chi connectivity index (χ1) is 8.79. The lowest BCUT2D eigenvalue weighted by Crippen LogP contribution is -2.57. The quantitative estimate of drug-likeness (QED) is 0.632. The van der Waals surface area contributed by atoms with Crippen LogP contribution in [0.15, 0.2) is 0 Å². The molecule has 3 aliphatic rings. The topological polar surface area (TPSA) is 44.7 Å². The van der Waals surface area contributed by atoms with Crippen LogP contribution in [0.3, 0.4) is 0 Å². The highest BCUT2D eigenvalue weighted by molar-refractivity contribution is 4.91. The molecular formula is C14H28N2O2. The molecule has 2 bridgehead atoms. The van der Waals surface area contributed by atoms with E-state index in [1.54, 1.807) is 0 Å². The Morgan fingerprint density at radius 1 is 1.39 bits per heavy atom. The van der Waals surface area contributed by atoms with E-state index in [2.05, 4.69) is 17.1 Å². The van der Waals surface area contributed by atoms with Gasteiger partial charge in [0.15, 0.2) is 0 Å². The van der Waals surface area contributed by atoms with Crippen molar-refractivity contribution in [3.63, 3.8) is 0 Å². The monoisotopic (exact) mass is 256 g/mol. The minimum Gasteiger partial charge on any atom is -0.389 e. The van der Waals surface area contributed by atoms with E-state index in [4.69, 9.17) is 4.74 Å². The van der Waals surface area contributed by atoms with Gasteiger partial charge in [-0.05, 0) is 38.3 Å². The van der Waals surface area contributed by atoms with Gasteiger partial charge in [0.2, 0.25) is 0 Å². The standard InChI is InChI=1S/C14H28N2O2/c1-2-3-8-18-11-13(17)9-15-14-10-16-6-4-12(14)5-7-16/h12-15,17H,2-11H2,1H3. The number of nitrogens with zero attached hydrogens (tertiary/aromatic N) is 1. The predicted molar refractivity (Wildman–Crippen MR) is 72.7 cm³/mol. The Bertz CT molecular complexity index is 230. The molecule has 3 aliphatic heterocycles. The Labute approximate surface area is 111 Å². The zero-order chi connectivity index (χ0) is 12.8. The lowest BCUT2D eigenvalue weighted by Gasteiger charge is -2.45. The number of aliphatic hydroxyl groups is 1. The van der Waals surface area contributed by atoms with Crippen LogP contribution in [-0.4, -0.2) is 61.5 Å². The van der Waals surface area contributed by atoms with Gasteiger partial charge < -0.3 is 20.1 Å². The van der Waals surface area contributed by atoms with E-state index in [1.807, 2.05) is 0 Å². The summed E-state index contributed by atoms with van der Waals surface area (Å²) in [4.78, 5) is 2.53. The molecule has 3 fully saturated rings. The molecule has 0 aromatic carbocycles. The maximum atomic E-state index is 9.85. The summed E-state index contributed by atoms with van der Waals surface area (Å²) in [5.41, 5.74) is 0. The Kier molecular flexibility index (Phi) is 5.89. The van der Waals surface area contributed by atoms with Crippen molar-refractivity contribution >= 4 is 0 Å². The van der Waals surface area contributed by atoms with E-state index < -0.39 is 0 Å². The molecule has 0 radical (unpaired) electrons. The first-order valence-corrected chi connectivity index (χ1v) is 7.51. The summed E-state index contributed by atoms with van der Waals surface area (Å²) >= 11 is 0. The van der Waals surface area contributed by atoms with E-state index in [0.29, 0.717) is 19.2 Å². The fourth-order valence-corrected chi connectivity index (χ4v) is 3.01. The molecule has 2 atom stereocenters. The first kappa shape index (κ1) is 14.3. The molecule has 18 heavy (non-hydrogen) atoms. The van der Waals surface area contributed by atoms with E-state index in [9.17, 15) is 5.11 Å². The lowest BCUT2D eigenvalue weighted by atomic mass is 9.84. The number of fused-ring (bicyclic) bond motifs is 3. The second-order valence-corrected chi connectivity index (χ2v) is 5.74. The number of piperidine rings is 3. The lowest BCUT2D eigenvalue weighted by molar-refractivity contribution is 0.0237. The van der Waals surface area contributed by atoms with E-state index in [0.717, 1.165) is 31.9 Å². The number of unbranched alkanes of at least 4 members (excludes halogenated alkanes) is 1. The van der Waals surface area contributed by atoms with Crippen LogP contribution in [0.1, 0.15) is 32.6 Å². The van der Waals surface area contributed by atoms with E-state index in [1.165, 1.54) is 25.9 Å². The number of hydrogen-bond donors (Lipinski definition) is 2. The zero-order valence-corrected chi connectivity index (χ0v) is 11.6. The molecule has 0 aliphatic carbocycles. The highest BCUT2D eigenvalue weighted by Crippen LogP contribution is 2.27. The largest absolute Gasteiger partial charge is 0.389 e. The molecule has 4 heteroatoms. The molecule has 3 saturated heterocycles. The molecule has 0 spiro atoms. The van der Waals surface area contributed by atoms with Gasteiger partial charge in [-0.25, -0.2) is 0 Å². The van der Waals surface area contributed by atoms with Crippen molar-refractivity contribution in [1.29, 1.82) is 0 Å². The average molecular weight is 256 g/mol. The van der Waals surface area contributed by atoms with Crippen LogP contribution in [0.4, 0.5) is 0 Å². The maximum Gasteiger partial charge on any atom is 0.0897 e. The molecule has 4 nitrogen and oxygen atoms in total. The van der Waals surface area contributed by atoms with Crippen molar-refractivity contribution in [1.82, 2.24) is 10.2 Å². The highest BCUT2D eigenvalue weighted by atomic mass is 16.5. The Morgan fingerprint density at radius 2 is 2.17 bits per heavy atom. The SMILES string of the molecule is CCCCOCC(O)CNC1CN2CCC1CC2. The zero-order valence-electron chi connectivity index (χ0n) is 11.6. The van der Waals surface area contributed by atoms with Crippen molar-refractivity contribution in [2.45, 2.75) is 44.8 Å².